The van der Waals surface area contributed by atoms with Crippen molar-refractivity contribution >= 4 is 180 Å². The monoisotopic (exact) mass is 1540 g/mol. The lowest BCUT2D eigenvalue weighted by molar-refractivity contribution is -0.152. The van der Waals surface area contributed by atoms with Gasteiger partial charge in [-0.3, -0.25) is 47.9 Å². The maximum atomic E-state index is 12.3. The van der Waals surface area contributed by atoms with E-state index in [1.807, 2.05) is 30.7 Å². The topological polar surface area (TPSA) is 484 Å². The number of aromatic nitrogens is 1. The second kappa shape index (κ2) is 96.7. The predicted molar refractivity (Wildman–Crippen MR) is 399 cm³/mol. The zero-order chi connectivity index (χ0) is 69.6. The minimum absolute atomic E-state index is 0. The lowest BCUT2D eigenvalue weighted by Crippen LogP contribution is -2.39. The first-order chi connectivity index (χ1) is 41.5. The maximum absolute atomic E-state index is 12.3. The summed E-state index contributed by atoms with van der Waals surface area (Å²) < 4.78 is 0. The Hall–Kier alpha value is -4.38. The fraction of sp³-hybridized carbons (Fsp3) is 0.673. The second-order valence-corrected chi connectivity index (χ2v) is 22.4. The molecule has 0 radical (unpaired) electrons. The van der Waals surface area contributed by atoms with E-state index in [2.05, 4.69) is 126 Å². The van der Waals surface area contributed by atoms with E-state index >= 15 is 0 Å². The van der Waals surface area contributed by atoms with Crippen LogP contribution < -0.4 is 21.3 Å². The summed E-state index contributed by atoms with van der Waals surface area (Å²) in [5.74, 6) is -1.58. The molecule has 39 heteroatoms. The first-order valence-corrected chi connectivity index (χ1v) is 36.1. The summed E-state index contributed by atoms with van der Waals surface area (Å²) in [6, 6.07) is 5.91. The summed E-state index contributed by atoms with van der Waals surface area (Å²) in [4.78, 5) is 165. The highest BCUT2D eigenvalue weighted by molar-refractivity contribution is 9.09. The number of carbonyl (C=O) groups is 10. The number of alkyl halides is 1. The molecular weight excluding hydrogens is 1430 g/mol. The van der Waals surface area contributed by atoms with Crippen LogP contribution in [0, 0.1) is 86.7 Å². The molecule has 2 aliphatic carbocycles. The van der Waals surface area contributed by atoms with E-state index in [4.69, 9.17) is 29.4 Å². The molecule has 29 nitrogen and oxygen atoms in total. The molecule has 1 atom stereocenters. The standard InChI is InChI=1S/C15H22N2O4S.C14H18N2O4.C6H7NS2.C4H9NOS.C3H6BrNO.C2H6S2.3CH4S.5CH4.6HNO/c1-16-14(20)10-5-3-9(4-6-10)7-12(18)17-13(19)8-11(22-2)15(17)21;1-15-14(20)10-4-2-9(3-5-10)8-13(19)16-11(17)6-7-12(16)18;1-8-9-6-4-2-3-5-7-6;1-5-4(6)3-7-2;1-5-3(6)2-4;1-3-4-2;3*1-2;;;;;;6*1-2/h9-11H,3-8H2,1-2H3,(H,16,20);6-7,9-10H,2-5,8H2,1H3,(H,15,20);2-5H,1H3;3H2,1-2H3,(H,5,6);2H2,1H3,(H,5,6);1-2H3;3*2H,1H3;5*1H4;6*1H. The van der Waals surface area contributed by atoms with Gasteiger partial charge in [0.1, 0.15) is 5.03 Å². The number of carbonyl (C=O) groups excluding carboxylic acids is 10. The number of amides is 10. The Morgan fingerprint density at radius 1 is 0.538 bits per heavy atom. The summed E-state index contributed by atoms with van der Waals surface area (Å²) in [6.45, 7) is 0. The van der Waals surface area contributed by atoms with E-state index < -0.39 is 23.0 Å². The highest BCUT2D eigenvalue weighted by Gasteiger charge is 2.42. The first kappa shape index (κ1) is 124. The second-order valence-electron chi connectivity index (χ2n) is 14.9. The Morgan fingerprint density at radius 3 is 1.12 bits per heavy atom. The number of nitroso groups, excluding NO2 is 6. The molecule has 2 aliphatic heterocycles. The Morgan fingerprint density at radius 2 is 0.890 bits per heavy atom. The quantitative estimate of drug-likeness (QED) is 0.0287. The number of hydrogen-bond donors (Lipinski definition) is 13. The smallest absolute Gasteiger partial charge is 0.260 e. The third kappa shape index (κ3) is 65.5. The Kier molecular flexibility index (Phi) is 132. The molecule has 4 aliphatic rings. The van der Waals surface area contributed by atoms with Gasteiger partial charge in [-0.15, -0.1) is 0 Å². The number of rotatable bonds is 13. The lowest BCUT2D eigenvalue weighted by Gasteiger charge is -2.27. The van der Waals surface area contributed by atoms with E-state index in [0.29, 0.717) is 16.0 Å². The summed E-state index contributed by atoms with van der Waals surface area (Å²) in [6.07, 6.45) is 25.6. The summed E-state index contributed by atoms with van der Waals surface area (Å²) in [5.41, 5.74) is 27.0. The molecule has 0 bridgehead atoms. The summed E-state index contributed by atoms with van der Waals surface area (Å²) in [7, 11) is 13.4. The third-order valence-electron chi connectivity index (χ3n) is 10.5. The van der Waals surface area contributed by atoms with Crippen LogP contribution in [0.1, 0.15) is 108 Å². The number of imide groups is 6. The van der Waals surface area contributed by atoms with Crippen LogP contribution in [0.3, 0.4) is 0 Å². The fourth-order valence-electron chi connectivity index (χ4n) is 6.79. The van der Waals surface area contributed by atoms with Crippen molar-refractivity contribution in [1.82, 2.24) is 36.1 Å². The Balaban J connectivity index is -0.0000000587. The number of halogens is 1. The van der Waals surface area contributed by atoms with Crippen molar-refractivity contribution in [1.29, 1.82) is 33.6 Å². The van der Waals surface area contributed by atoms with Crippen LogP contribution in [0.2, 0.25) is 0 Å². The van der Waals surface area contributed by atoms with Gasteiger partial charge in [-0.25, -0.2) is 14.8 Å². The highest BCUT2D eigenvalue weighted by Crippen LogP contribution is 2.34. The lowest BCUT2D eigenvalue weighted by atomic mass is 9.80. The molecule has 91 heavy (non-hydrogen) atoms. The molecule has 0 spiro atoms. The molecule has 3 fully saturated rings. The van der Waals surface area contributed by atoms with Gasteiger partial charge in [0.25, 0.3) is 11.8 Å². The van der Waals surface area contributed by atoms with Gasteiger partial charge in [-0.1, -0.05) is 125 Å². The molecular formula is C52H106BrN13O16S9. The molecule has 2 saturated carbocycles. The molecule has 1 aromatic heterocycles. The average Bonchev–Trinajstić information content (AvgIpc) is 1.95. The SMILES string of the molecule is C.C.C.C.C.CNC(=O)C1CCC(CC(=O)N2C(=O)C=CC2=O)CC1.CNC(=O)C1CCC(CC(=O)N2C(=O)CC(SC)C2=O)CC1.CNC(=O)CBr.CNC(=O)CSC.CS.CS.CS.CSSC.CSSc1ccccn1.N=O.N=O.N=O.N=O.N=O.N=O. The average molecular weight is 1540 g/mol. The zero-order valence-electron chi connectivity index (χ0n) is 50.1. The van der Waals surface area contributed by atoms with Crippen molar-refractivity contribution in [3.63, 3.8) is 0 Å². The van der Waals surface area contributed by atoms with Gasteiger partial charge in [-0.05, 0) is 136 Å². The highest BCUT2D eigenvalue weighted by atomic mass is 79.9. The molecule has 5 rings (SSSR count). The molecule has 1 aromatic rings. The summed E-state index contributed by atoms with van der Waals surface area (Å²) >= 11 is 16.4. The normalized spacial score (nSPS) is 15.5. The maximum Gasteiger partial charge on any atom is 0.260 e. The van der Waals surface area contributed by atoms with Crippen LogP contribution in [0.15, 0.2) is 41.6 Å². The van der Waals surface area contributed by atoms with Gasteiger partial charge in [0, 0.05) is 77.6 Å². The van der Waals surface area contributed by atoms with Gasteiger partial charge >= 0.3 is 0 Å². The van der Waals surface area contributed by atoms with Crippen LogP contribution >= 0.6 is 121 Å². The van der Waals surface area contributed by atoms with E-state index in [1.165, 1.54) is 23.5 Å². The number of hydrogen-bond acceptors (Lipinski definition) is 32. The molecule has 10 N–H and O–H groups in total. The molecule has 1 unspecified atom stereocenters. The van der Waals surface area contributed by atoms with Crippen LogP contribution in [-0.4, -0.2) is 168 Å². The fourth-order valence-corrected chi connectivity index (χ4v) is 9.31. The Bertz CT molecular complexity index is 1910. The minimum Gasteiger partial charge on any atom is -0.359 e. The van der Waals surface area contributed by atoms with Crippen molar-refractivity contribution < 1.29 is 47.9 Å². The van der Waals surface area contributed by atoms with Crippen molar-refractivity contribution in [2.45, 2.75) is 118 Å². The number of thiol groups is 3. The predicted octanol–water partition coefficient (Wildman–Crippen LogP) is 12.4. The number of likely N-dealkylation sites (tertiary alicyclic amines) is 1. The van der Waals surface area contributed by atoms with Gasteiger partial charge < -0.3 is 21.3 Å². The van der Waals surface area contributed by atoms with E-state index in [1.54, 1.807) is 103 Å². The number of nitrogens with zero attached hydrogens (tertiary/aromatic N) is 3. The first-order valence-electron chi connectivity index (χ1n) is 24.1. The van der Waals surface area contributed by atoms with Gasteiger partial charge in [0.05, 0.1) is 16.3 Å². The van der Waals surface area contributed by atoms with Gasteiger partial charge in [-0.2, -0.15) is 90.9 Å². The van der Waals surface area contributed by atoms with E-state index in [0.717, 1.165) is 73.4 Å². The van der Waals surface area contributed by atoms with Crippen molar-refractivity contribution in [3.05, 3.63) is 66.0 Å². The van der Waals surface area contributed by atoms with Crippen LogP contribution in [0.4, 0.5) is 0 Å². The van der Waals surface area contributed by atoms with Crippen LogP contribution in [0.25, 0.3) is 0 Å². The number of nitrogens with one attached hydrogen (secondary N) is 10. The number of thioether (sulfide) groups is 2. The van der Waals surface area contributed by atoms with Crippen molar-refractivity contribution in [2.75, 3.05) is 89.3 Å². The van der Waals surface area contributed by atoms with E-state index in [9.17, 15) is 47.9 Å². The molecule has 10 amide bonds. The van der Waals surface area contributed by atoms with Gasteiger partial charge in [0.2, 0.25) is 47.3 Å². The van der Waals surface area contributed by atoms with Crippen molar-refractivity contribution in [3.8, 4) is 0 Å². The third-order valence-corrected chi connectivity index (χ3v) is 15.4. The minimum atomic E-state index is -0.556. The number of pyridine rings is 1. The molecule has 1 saturated heterocycles. The zero-order valence-corrected chi connectivity index (χ0v) is 59.3. The largest absolute Gasteiger partial charge is 0.359 e. The molecule has 3 heterocycles. The van der Waals surface area contributed by atoms with Crippen LogP contribution in [0.5, 0.6) is 0 Å². The van der Waals surface area contributed by atoms with Gasteiger partial charge in [0.15, 0.2) is 0 Å². The molecule has 536 valence electrons. The Labute approximate surface area is 589 Å². The summed E-state index contributed by atoms with van der Waals surface area (Å²) in [5, 5.41) is 11.3. The van der Waals surface area contributed by atoms with Crippen LogP contribution in [-0.2, 0) is 47.9 Å². The molecule has 0 aromatic carbocycles. The van der Waals surface area contributed by atoms with Crippen molar-refractivity contribution in [2.24, 2.45) is 23.7 Å². The van der Waals surface area contributed by atoms with E-state index in [-0.39, 0.29) is 121 Å².